The van der Waals surface area contributed by atoms with Gasteiger partial charge in [-0.15, -0.1) is 0 Å². The van der Waals surface area contributed by atoms with Gasteiger partial charge in [-0.3, -0.25) is 9.59 Å². The lowest BCUT2D eigenvalue weighted by Gasteiger charge is -2.42. The Hall–Kier alpha value is -2.55. The molecule has 0 bridgehead atoms. The first-order valence-electron chi connectivity index (χ1n) is 9.74. The second-order valence-electron chi connectivity index (χ2n) is 8.06. The Morgan fingerprint density at radius 1 is 1.15 bits per heavy atom. The minimum absolute atomic E-state index is 0.151. The van der Waals surface area contributed by atoms with Crippen molar-refractivity contribution in [2.75, 3.05) is 19.7 Å². The van der Waals surface area contributed by atoms with E-state index in [1.54, 1.807) is 30.3 Å². The second kappa shape index (κ2) is 9.00. The van der Waals surface area contributed by atoms with Gasteiger partial charge in [-0.25, -0.2) is 21.6 Å². The summed E-state index contributed by atoms with van der Waals surface area (Å²) in [7, 11) is -7.36. The summed E-state index contributed by atoms with van der Waals surface area (Å²) in [5, 5.41) is -1.62. The van der Waals surface area contributed by atoms with Gasteiger partial charge in [0, 0.05) is 7.11 Å². The molecule has 33 heavy (non-hydrogen) atoms. The Kier molecular flexibility index (Phi) is 6.84. The van der Waals surface area contributed by atoms with Crippen molar-refractivity contribution in [3.05, 3.63) is 35.9 Å². The van der Waals surface area contributed by atoms with Crippen molar-refractivity contribution < 1.29 is 45.4 Å². The van der Waals surface area contributed by atoms with Crippen LogP contribution in [0.3, 0.4) is 0 Å². The number of rotatable bonds is 9. The summed E-state index contributed by atoms with van der Waals surface area (Å²) >= 11 is 0. The predicted octanol–water partition coefficient (Wildman–Crippen LogP) is -1.09. The van der Waals surface area contributed by atoms with Crippen molar-refractivity contribution in [1.29, 1.82) is 0 Å². The second-order valence-corrected chi connectivity index (χ2v) is 12.4. The van der Waals surface area contributed by atoms with Crippen molar-refractivity contribution in [1.82, 2.24) is 9.62 Å². The number of nitrogens with one attached hydrogen (secondary N) is 1. The zero-order chi connectivity index (χ0) is 24.6. The molecule has 2 aliphatic heterocycles. The maximum Gasteiger partial charge on any atom is 0.332 e. The molecule has 0 aromatic heterocycles. The van der Waals surface area contributed by atoms with Gasteiger partial charge in [-0.2, -0.15) is 4.72 Å². The molecule has 1 aromatic rings. The molecule has 0 radical (unpaired) electrons. The van der Waals surface area contributed by atoms with E-state index in [4.69, 9.17) is 9.47 Å². The Morgan fingerprint density at radius 3 is 2.39 bits per heavy atom. The van der Waals surface area contributed by atoms with Crippen molar-refractivity contribution in [3.63, 3.8) is 0 Å². The van der Waals surface area contributed by atoms with Crippen LogP contribution in [0.1, 0.15) is 19.4 Å². The number of carbonyl (C=O) groups is 3. The smallest absolute Gasteiger partial charge is 0.332 e. The van der Waals surface area contributed by atoms with Crippen LogP contribution in [0.15, 0.2) is 30.3 Å². The normalized spacial score (nSPS) is 25.1. The Bertz CT molecular complexity index is 1150. The lowest BCUT2D eigenvalue weighted by Crippen LogP contribution is -2.72. The molecule has 1 aromatic carbocycles. The highest BCUT2D eigenvalue weighted by atomic mass is 32.2. The molecule has 0 saturated carbocycles. The topological polar surface area (TPSA) is 162 Å². The number of hydrogen-bond donors (Lipinski definition) is 1. The van der Waals surface area contributed by atoms with E-state index in [0.717, 1.165) is 4.90 Å². The average Bonchev–Trinajstić information content (AvgIpc) is 2.89. The molecule has 1 amide bonds. The largest absolute Gasteiger partial charge is 0.460 e. The number of carbonyl (C=O) groups excluding carboxylic acids is 3. The van der Waals surface area contributed by atoms with E-state index in [-0.39, 0.29) is 6.61 Å². The number of sulfone groups is 1. The zero-order valence-electron chi connectivity index (χ0n) is 18.1. The highest BCUT2D eigenvalue weighted by molar-refractivity contribution is 7.94. The van der Waals surface area contributed by atoms with Crippen molar-refractivity contribution >= 4 is 37.7 Å². The maximum atomic E-state index is 13.0. The molecule has 0 spiro atoms. The first-order chi connectivity index (χ1) is 15.3. The quantitative estimate of drug-likeness (QED) is 0.248. The molecule has 2 saturated heterocycles. The van der Waals surface area contributed by atoms with E-state index in [2.05, 4.69) is 4.74 Å². The van der Waals surface area contributed by atoms with E-state index >= 15 is 0 Å². The number of hydrogen-bond acceptors (Lipinski definition) is 10. The molecule has 2 fully saturated rings. The van der Waals surface area contributed by atoms with E-state index in [0.29, 0.717) is 5.56 Å². The Morgan fingerprint density at radius 2 is 1.79 bits per heavy atom. The summed E-state index contributed by atoms with van der Waals surface area (Å²) in [5.74, 6) is -4.11. The fourth-order valence-corrected chi connectivity index (χ4v) is 7.15. The van der Waals surface area contributed by atoms with Gasteiger partial charge in [-0.05, 0) is 19.4 Å². The number of fused-ring (bicyclic) bond motifs is 1. The molecule has 12 nitrogen and oxygen atoms in total. The van der Waals surface area contributed by atoms with Gasteiger partial charge < -0.3 is 19.1 Å². The average molecular weight is 505 g/mol. The van der Waals surface area contributed by atoms with Crippen LogP contribution in [0.4, 0.5) is 0 Å². The molecule has 2 aliphatic rings. The van der Waals surface area contributed by atoms with Gasteiger partial charge >= 0.3 is 11.9 Å². The van der Waals surface area contributed by atoms with Crippen LogP contribution in [0.5, 0.6) is 0 Å². The Labute approximate surface area is 191 Å². The number of β-lactam (4-membered cyclic amide) rings is 1. The van der Waals surface area contributed by atoms with Gasteiger partial charge in [0.2, 0.25) is 15.9 Å². The third-order valence-corrected chi connectivity index (χ3v) is 9.52. The van der Waals surface area contributed by atoms with Gasteiger partial charge in [-0.1, -0.05) is 30.3 Å². The van der Waals surface area contributed by atoms with Crippen molar-refractivity contribution in [2.24, 2.45) is 0 Å². The molecule has 1 N–H and O–H groups in total. The lowest BCUT2D eigenvalue weighted by atomic mass is 9.96. The van der Waals surface area contributed by atoms with E-state index in [1.165, 1.54) is 21.0 Å². The molecular weight excluding hydrogens is 480 g/mol. The third-order valence-electron chi connectivity index (χ3n) is 5.47. The lowest BCUT2D eigenvalue weighted by molar-refractivity contribution is -0.170. The summed E-state index contributed by atoms with van der Waals surface area (Å²) < 4.78 is 65.5. The summed E-state index contributed by atoms with van der Waals surface area (Å²) in [6.45, 7) is 1.90. The SMILES string of the molecule is COCOC(=O)[C@@H]1N2C(=O)[C@@H](NS(=O)(=O)CC(=O)OCc3ccccc3)[C@H]2S(=O)(=O)C1(C)C. The number of esters is 2. The number of methoxy groups -OCH3 is 1. The van der Waals surface area contributed by atoms with Gasteiger partial charge in [0.15, 0.2) is 27.8 Å². The number of nitrogens with zero attached hydrogens (tertiary/aromatic N) is 1. The van der Waals surface area contributed by atoms with Gasteiger partial charge in [0.25, 0.3) is 0 Å². The number of sulfonamides is 1. The van der Waals surface area contributed by atoms with E-state index < -0.39 is 72.5 Å². The highest BCUT2D eigenvalue weighted by Crippen LogP contribution is 2.46. The predicted molar refractivity (Wildman–Crippen MR) is 112 cm³/mol. The molecule has 2 heterocycles. The van der Waals surface area contributed by atoms with Crippen molar-refractivity contribution in [2.45, 2.75) is 42.7 Å². The summed E-state index contributed by atoms with van der Waals surface area (Å²) in [4.78, 5) is 37.8. The van der Waals surface area contributed by atoms with E-state index in [1.807, 2.05) is 4.72 Å². The number of benzene rings is 1. The molecule has 14 heteroatoms. The summed E-state index contributed by atoms with van der Waals surface area (Å²) in [5.41, 5.74) is 0.645. The zero-order valence-corrected chi connectivity index (χ0v) is 19.7. The standard InChI is InChI=1S/C19H24N2O10S2/c1-19(2)15(18(24)31-11-29-3)21-16(23)14(17(21)33(19,27)28)20-32(25,26)10-13(22)30-9-12-7-5-4-6-8-12/h4-8,14-15,17,20H,9-11H2,1-3H3/t14-,15+,17-/m1/s1. The monoisotopic (exact) mass is 504 g/mol. The molecule has 3 atom stereocenters. The van der Waals surface area contributed by atoms with Gasteiger partial charge in [0.1, 0.15) is 23.4 Å². The minimum atomic E-state index is -4.43. The Balaban J connectivity index is 1.70. The van der Waals surface area contributed by atoms with Crippen LogP contribution in [0, 0.1) is 0 Å². The minimum Gasteiger partial charge on any atom is -0.460 e. The summed E-state index contributed by atoms with van der Waals surface area (Å²) in [6.07, 6.45) is 0. The molecule has 3 rings (SSSR count). The molecule has 0 aliphatic carbocycles. The fourth-order valence-electron chi connectivity index (χ4n) is 3.76. The van der Waals surface area contributed by atoms with Crippen LogP contribution in [-0.4, -0.2) is 81.4 Å². The first-order valence-corrected chi connectivity index (χ1v) is 12.9. The maximum absolute atomic E-state index is 13.0. The molecular formula is C19H24N2O10S2. The molecule has 182 valence electrons. The fraction of sp³-hybridized carbons (Fsp3) is 0.526. The van der Waals surface area contributed by atoms with Crippen LogP contribution in [0.25, 0.3) is 0 Å². The van der Waals surface area contributed by atoms with Gasteiger partial charge in [0.05, 0.1) is 0 Å². The van der Waals surface area contributed by atoms with E-state index in [9.17, 15) is 31.2 Å². The first kappa shape index (κ1) is 25.1. The summed E-state index contributed by atoms with van der Waals surface area (Å²) in [6, 6.07) is 5.41. The molecule has 0 unspecified atom stereocenters. The number of amides is 1. The third kappa shape index (κ3) is 4.60. The van der Waals surface area contributed by atoms with Crippen molar-refractivity contribution in [3.8, 4) is 0 Å². The van der Waals surface area contributed by atoms with Crippen LogP contribution < -0.4 is 4.72 Å². The van der Waals surface area contributed by atoms with Crippen LogP contribution in [-0.2, 0) is 55.1 Å². The highest BCUT2D eigenvalue weighted by Gasteiger charge is 2.73. The number of ether oxygens (including phenoxy) is 3. The van der Waals surface area contributed by atoms with Crippen LogP contribution >= 0.6 is 0 Å². The van der Waals surface area contributed by atoms with Crippen LogP contribution in [0.2, 0.25) is 0 Å².